The van der Waals surface area contributed by atoms with E-state index in [1.54, 1.807) is 24.3 Å². The Kier molecular flexibility index (Phi) is 7.09. The number of nitrogens with zero attached hydrogens (tertiary/aromatic N) is 4. The highest BCUT2D eigenvalue weighted by Gasteiger charge is 2.27. The number of benzene rings is 1. The summed E-state index contributed by atoms with van der Waals surface area (Å²) >= 11 is 5.91. The van der Waals surface area contributed by atoms with Crippen LogP contribution in [0.4, 0.5) is 5.82 Å². The molecule has 0 N–H and O–H groups in total. The molecule has 1 fully saturated rings. The van der Waals surface area contributed by atoms with Crippen molar-refractivity contribution < 1.29 is 9.53 Å². The summed E-state index contributed by atoms with van der Waals surface area (Å²) in [6.07, 6.45) is 5.36. The van der Waals surface area contributed by atoms with Crippen LogP contribution in [0.15, 0.2) is 36.7 Å². The van der Waals surface area contributed by atoms with Gasteiger partial charge in [0, 0.05) is 43.2 Å². The van der Waals surface area contributed by atoms with Gasteiger partial charge in [0.25, 0.3) is 0 Å². The third-order valence-corrected chi connectivity index (χ3v) is 5.18. The van der Waals surface area contributed by atoms with Gasteiger partial charge in [-0.3, -0.25) is 4.79 Å². The largest absolute Gasteiger partial charge is 0.439 e. The van der Waals surface area contributed by atoms with Crippen molar-refractivity contribution in [1.29, 1.82) is 0 Å². The molecule has 2 aromatic rings. The van der Waals surface area contributed by atoms with Crippen LogP contribution < -0.4 is 9.64 Å². The van der Waals surface area contributed by atoms with Crippen molar-refractivity contribution in [2.75, 3.05) is 24.5 Å². The Balaban J connectivity index is 1.60. The summed E-state index contributed by atoms with van der Waals surface area (Å²) < 4.78 is 5.80. The van der Waals surface area contributed by atoms with Crippen molar-refractivity contribution in [3.63, 3.8) is 0 Å². The monoisotopic (exact) mass is 402 g/mol. The van der Waals surface area contributed by atoms with E-state index >= 15 is 0 Å². The standard InChI is InChI=1S/C21H27ClN4O2/c1-3-4-5-6-21(27)26-12-11-25(14-16(26)2)19-13-20(24-15-23-19)28-18-9-7-17(22)8-10-18/h7-10,13,15-16H,3-6,11-12,14H2,1-2H3/t16-/m1/s1. The average molecular weight is 403 g/mol. The van der Waals surface area contributed by atoms with Crippen molar-refractivity contribution in [2.24, 2.45) is 0 Å². The molecule has 6 nitrogen and oxygen atoms in total. The number of hydrogen-bond acceptors (Lipinski definition) is 5. The smallest absolute Gasteiger partial charge is 0.224 e. The third kappa shape index (κ3) is 5.35. The highest BCUT2D eigenvalue weighted by molar-refractivity contribution is 6.30. The lowest BCUT2D eigenvalue weighted by Crippen LogP contribution is -2.54. The average Bonchev–Trinajstić information content (AvgIpc) is 2.70. The maximum atomic E-state index is 12.5. The lowest BCUT2D eigenvalue weighted by molar-refractivity contribution is -0.133. The lowest BCUT2D eigenvalue weighted by Gasteiger charge is -2.40. The second-order valence-corrected chi connectivity index (χ2v) is 7.55. The van der Waals surface area contributed by atoms with Gasteiger partial charge >= 0.3 is 0 Å². The first-order valence-electron chi connectivity index (χ1n) is 9.86. The van der Waals surface area contributed by atoms with E-state index in [2.05, 4.69) is 28.7 Å². The molecule has 1 aromatic carbocycles. The van der Waals surface area contributed by atoms with Crippen LogP contribution in [0.1, 0.15) is 39.5 Å². The van der Waals surface area contributed by atoms with E-state index in [1.165, 1.54) is 6.33 Å². The Morgan fingerprint density at radius 2 is 2.00 bits per heavy atom. The van der Waals surface area contributed by atoms with Crippen LogP contribution in [0.2, 0.25) is 5.02 Å². The number of aromatic nitrogens is 2. The van der Waals surface area contributed by atoms with Gasteiger partial charge in [0.05, 0.1) is 0 Å². The van der Waals surface area contributed by atoms with Gasteiger partial charge in [-0.05, 0) is 37.6 Å². The maximum Gasteiger partial charge on any atom is 0.224 e. The molecule has 1 aliphatic heterocycles. The minimum atomic E-state index is 0.151. The van der Waals surface area contributed by atoms with Gasteiger partial charge in [-0.2, -0.15) is 0 Å². The Morgan fingerprint density at radius 3 is 2.71 bits per heavy atom. The Hall–Kier alpha value is -2.34. The minimum Gasteiger partial charge on any atom is -0.439 e. The fourth-order valence-corrected chi connectivity index (χ4v) is 3.51. The Morgan fingerprint density at radius 1 is 1.21 bits per heavy atom. The number of amides is 1. The first-order chi connectivity index (χ1) is 13.6. The molecule has 0 spiro atoms. The molecule has 3 rings (SSSR count). The van der Waals surface area contributed by atoms with Gasteiger partial charge in [0.1, 0.15) is 17.9 Å². The van der Waals surface area contributed by atoms with Gasteiger partial charge in [-0.15, -0.1) is 0 Å². The first kappa shape index (κ1) is 20.4. The zero-order valence-electron chi connectivity index (χ0n) is 16.5. The topological polar surface area (TPSA) is 58.6 Å². The van der Waals surface area contributed by atoms with Crippen LogP contribution in [0.3, 0.4) is 0 Å². The van der Waals surface area contributed by atoms with E-state index in [0.717, 1.165) is 38.2 Å². The normalized spacial score (nSPS) is 16.9. The Bertz CT molecular complexity index is 784. The summed E-state index contributed by atoms with van der Waals surface area (Å²) in [5.41, 5.74) is 0. The Labute approximate surface area is 171 Å². The second kappa shape index (κ2) is 9.73. The number of unbranched alkanes of at least 4 members (excludes halogenated alkanes) is 2. The number of hydrogen-bond donors (Lipinski definition) is 0. The van der Waals surface area contributed by atoms with Gasteiger partial charge in [-0.1, -0.05) is 31.4 Å². The summed E-state index contributed by atoms with van der Waals surface area (Å²) in [6, 6.07) is 9.14. The van der Waals surface area contributed by atoms with Crippen molar-refractivity contribution in [2.45, 2.75) is 45.6 Å². The van der Waals surface area contributed by atoms with Crippen LogP contribution >= 0.6 is 11.6 Å². The maximum absolute atomic E-state index is 12.5. The van der Waals surface area contributed by atoms with Gasteiger partial charge in [0.15, 0.2) is 0 Å². The van der Waals surface area contributed by atoms with E-state index in [1.807, 2.05) is 11.0 Å². The quantitative estimate of drug-likeness (QED) is 0.636. The van der Waals surface area contributed by atoms with Crippen molar-refractivity contribution in [3.05, 3.63) is 41.7 Å². The number of piperazine rings is 1. The van der Waals surface area contributed by atoms with Crippen molar-refractivity contribution in [3.8, 4) is 11.6 Å². The van der Waals surface area contributed by atoms with Crippen molar-refractivity contribution >= 4 is 23.3 Å². The number of anilines is 1. The molecule has 0 saturated carbocycles. The number of carbonyl (C=O) groups excluding carboxylic acids is 1. The number of rotatable bonds is 7. The van der Waals surface area contributed by atoms with E-state index in [9.17, 15) is 4.79 Å². The van der Waals surface area contributed by atoms with E-state index in [-0.39, 0.29) is 11.9 Å². The van der Waals surface area contributed by atoms with Crippen LogP contribution in [-0.4, -0.2) is 46.5 Å². The third-order valence-electron chi connectivity index (χ3n) is 4.93. The van der Waals surface area contributed by atoms with Crippen molar-refractivity contribution in [1.82, 2.24) is 14.9 Å². The minimum absolute atomic E-state index is 0.151. The number of ether oxygens (including phenoxy) is 1. The molecule has 1 aromatic heterocycles. The van der Waals surface area contributed by atoms with E-state index in [0.29, 0.717) is 29.6 Å². The molecular formula is C21H27ClN4O2. The van der Waals surface area contributed by atoms with Gasteiger partial charge in [-0.25, -0.2) is 9.97 Å². The zero-order valence-corrected chi connectivity index (χ0v) is 17.2. The molecule has 0 radical (unpaired) electrons. The van der Waals surface area contributed by atoms with Crippen LogP contribution in [0.5, 0.6) is 11.6 Å². The highest BCUT2D eigenvalue weighted by atomic mass is 35.5. The molecule has 1 amide bonds. The fourth-order valence-electron chi connectivity index (χ4n) is 3.39. The highest BCUT2D eigenvalue weighted by Crippen LogP contribution is 2.25. The summed E-state index contributed by atoms with van der Waals surface area (Å²) in [5.74, 6) is 2.22. The fraction of sp³-hybridized carbons (Fsp3) is 0.476. The second-order valence-electron chi connectivity index (χ2n) is 7.11. The summed E-state index contributed by atoms with van der Waals surface area (Å²) in [5, 5.41) is 0.659. The van der Waals surface area contributed by atoms with Crippen LogP contribution in [0, 0.1) is 0 Å². The molecule has 1 saturated heterocycles. The van der Waals surface area contributed by atoms with Crippen LogP contribution in [-0.2, 0) is 4.79 Å². The molecule has 1 atom stereocenters. The lowest BCUT2D eigenvalue weighted by atomic mass is 10.1. The van der Waals surface area contributed by atoms with Gasteiger partial charge < -0.3 is 14.5 Å². The molecule has 1 aliphatic rings. The van der Waals surface area contributed by atoms with E-state index < -0.39 is 0 Å². The molecule has 150 valence electrons. The molecular weight excluding hydrogens is 376 g/mol. The van der Waals surface area contributed by atoms with E-state index in [4.69, 9.17) is 16.3 Å². The zero-order chi connectivity index (χ0) is 19.9. The van der Waals surface area contributed by atoms with Gasteiger partial charge in [0.2, 0.25) is 11.8 Å². The SMILES string of the molecule is CCCCCC(=O)N1CCN(c2cc(Oc3ccc(Cl)cc3)ncn2)C[C@H]1C. The predicted molar refractivity (Wildman–Crippen MR) is 111 cm³/mol. The first-order valence-corrected chi connectivity index (χ1v) is 10.2. The summed E-state index contributed by atoms with van der Waals surface area (Å²) in [4.78, 5) is 25.2. The molecule has 0 unspecified atom stereocenters. The number of carbonyl (C=O) groups is 1. The summed E-state index contributed by atoms with van der Waals surface area (Å²) in [7, 11) is 0. The molecule has 0 bridgehead atoms. The molecule has 0 aliphatic carbocycles. The molecule has 28 heavy (non-hydrogen) atoms. The van der Waals surface area contributed by atoms with Crippen LogP contribution in [0.25, 0.3) is 0 Å². The number of halogens is 1. The summed E-state index contributed by atoms with van der Waals surface area (Å²) in [6.45, 7) is 6.45. The molecule has 2 heterocycles. The molecule has 7 heteroatoms. The predicted octanol–water partition coefficient (Wildman–Crippen LogP) is 4.54.